The average molecular weight is 640 g/mol. The van der Waals surface area contributed by atoms with E-state index in [1.54, 1.807) is 7.11 Å². The normalized spacial score (nSPS) is 11.1. The number of rotatable bonds is 11. The summed E-state index contributed by atoms with van der Waals surface area (Å²) in [7, 11) is 1.62. The maximum absolute atomic E-state index is 6.06. The first-order chi connectivity index (χ1) is 23.3. The Hall–Kier alpha value is -6.69. The summed E-state index contributed by atoms with van der Waals surface area (Å²) in [4.78, 5) is 20.8. The van der Waals surface area contributed by atoms with Gasteiger partial charge in [-0.3, -0.25) is 4.98 Å². The van der Waals surface area contributed by atoms with Gasteiger partial charge in [-0.1, -0.05) is 9.37 Å². The Labute approximate surface area is 275 Å². The number of nitrogens with zero attached hydrogens (tertiary/aromatic N) is 5. The molecule has 0 radical (unpaired) electrons. The van der Waals surface area contributed by atoms with Gasteiger partial charge in [-0.15, -0.1) is 0 Å². The van der Waals surface area contributed by atoms with E-state index in [-0.39, 0.29) is 13.2 Å². The molecule has 48 heavy (non-hydrogen) atoms. The maximum atomic E-state index is 6.06. The van der Waals surface area contributed by atoms with Gasteiger partial charge in [-0.25, -0.2) is 21.7 Å². The molecule has 0 unspecified atom stereocenters. The van der Waals surface area contributed by atoms with E-state index in [4.69, 9.17) is 30.9 Å². The Morgan fingerprint density at radius 3 is 1.42 bits per heavy atom. The summed E-state index contributed by atoms with van der Waals surface area (Å²) in [5.74, 6) is 15.1. The van der Waals surface area contributed by atoms with Crippen LogP contribution in [0.25, 0.3) is 44.8 Å². The number of imidazole rings is 2. The van der Waals surface area contributed by atoms with Crippen LogP contribution in [0.15, 0.2) is 97.1 Å². The first-order valence-corrected chi connectivity index (χ1v) is 15.0. The Morgan fingerprint density at radius 1 is 0.583 bits per heavy atom. The number of nitrogens with two attached hydrogens (primary N) is 2. The Morgan fingerprint density at radius 2 is 1.02 bits per heavy atom. The van der Waals surface area contributed by atoms with Gasteiger partial charge in [0.25, 0.3) is 0 Å². The smallest absolute Gasteiger partial charge is 0.236 e. The van der Waals surface area contributed by atoms with Gasteiger partial charge in [-0.05, 0) is 60.7 Å². The van der Waals surface area contributed by atoms with Crippen LogP contribution >= 0.6 is 0 Å². The molecule has 3 aromatic heterocycles. The van der Waals surface area contributed by atoms with Crippen molar-refractivity contribution in [1.82, 2.24) is 24.9 Å². The van der Waals surface area contributed by atoms with Crippen molar-refractivity contribution in [3.8, 4) is 40.0 Å². The van der Waals surface area contributed by atoms with E-state index in [1.807, 2.05) is 97.1 Å². The number of hydrazone groups is 2. The lowest BCUT2D eigenvalue weighted by Gasteiger charge is -2.11. The number of aromatic amines is 2. The third-order valence-corrected chi connectivity index (χ3v) is 7.76. The molecule has 7 rings (SSSR count). The number of hydrogen-bond acceptors (Lipinski definition) is 8. The molecule has 4 aromatic carbocycles. The lowest BCUT2D eigenvalue weighted by atomic mass is 10.2. The first-order valence-electron chi connectivity index (χ1n) is 15.0. The number of aromatic nitrogens is 5. The fraction of sp³-hybridized carbons (Fsp3) is 0.0833. The lowest BCUT2D eigenvalue weighted by molar-refractivity contribution is -0.442. The highest BCUT2D eigenvalue weighted by Gasteiger charge is 2.12. The summed E-state index contributed by atoms with van der Waals surface area (Å²) in [6.45, 7) is 7.96. The number of ether oxygens (including phenoxy) is 3. The number of methoxy groups -OCH3 is 1. The number of nitrogens with one attached hydrogen (secondary N) is 2. The second-order valence-corrected chi connectivity index (χ2v) is 11.1. The second-order valence-electron chi connectivity index (χ2n) is 11.1. The van der Waals surface area contributed by atoms with Crippen molar-refractivity contribution in [3.63, 3.8) is 0 Å². The largest absolute Gasteiger partial charge is 0.497 e. The molecule has 0 spiro atoms. The predicted molar refractivity (Wildman–Crippen MR) is 185 cm³/mol. The highest BCUT2D eigenvalue weighted by Crippen LogP contribution is 2.27. The average Bonchev–Trinajstić information content (AvgIpc) is 3.74. The zero-order valence-corrected chi connectivity index (χ0v) is 26.2. The fourth-order valence-electron chi connectivity index (χ4n) is 5.24. The zero-order chi connectivity index (χ0) is 33.2. The molecular weight excluding hydrogens is 606 g/mol. The Kier molecular flexibility index (Phi) is 7.87. The number of hydrazine groups is 2. The summed E-state index contributed by atoms with van der Waals surface area (Å²) in [6, 6.07) is 30.5. The Bertz CT molecular complexity index is 2130. The van der Waals surface area contributed by atoms with Gasteiger partial charge in [0.05, 0.1) is 40.6 Å². The van der Waals surface area contributed by atoms with Crippen molar-refractivity contribution < 1.29 is 23.6 Å². The summed E-state index contributed by atoms with van der Waals surface area (Å²) in [5.41, 5.74) is 8.27. The van der Waals surface area contributed by atoms with Crippen molar-refractivity contribution in [2.24, 2.45) is 11.7 Å². The molecule has 0 amide bonds. The van der Waals surface area contributed by atoms with E-state index in [2.05, 4.69) is 33.4 Å². The summed E-state index contributed by atoms with van der Waals surface area (Å²) >= 11 is 0. The SMILES string of the molecule is C=[N+](N)c1ccc2nc(-c3ccc(OCc4cc(OC)cc(COc5ccc(-c6nc7ccc([N+](=C)N)cc7[nH]6)cc5)n4)cc3)[nH]c2c1. The van der Waals surface area contributed by atoms with Crippen LogP contribution < -0.4 is 25.9 Å². The van der Waals surface area contributed by atoms with E-state index >= 15 is 0 Å². The molecule has 0 saturated carbocycles. The molecule has 3 heterocycles. The minimum atomic E-state index is 0.253. The van der Waals surface area contributed by atoms with Crippen LogP contribution in [0.1, 0.15) is 11.4 Å². The topological polar surface area (TPSA) is 156 Å². The number of pyridine rings is 1. The third kappa shape index (κ3) is 6.35. The van der Waals surface area contributed by atoms with E-state index < -0.39 is 0 Å². The van der Waals surface area contributed by atoms with E-state index in [0.29, 0.717) is 28.6 Å². The van der Waals surface area contributed by atoms with Crippen molar-refractivity contribution >= 4 is 46.9 Å². The highest BCUT2D eigenvalue weighted by molar-refractivity contribution is 5.82. The molecule has 238 valence electrons. The van der Waals surface area contributed by atoms with Gasteiger partial charge < -0.3 is 24.2 Å². The number of fused-ring (bicyclic) bond motifs is 2. The molecule has 0 atom stereocenters. The van der Waals surface area contributed by atoms with Crippen LogP contribution in [0.3, 0.4) is 0 Å². The van der Waals surface area contributed by atoms with E-state index in [9.17, 15) is 0 Å². The lowest BCUT2D eigenvalue weighted by Crippen LogP contribution is -2.09. The fourth-order valence-corrected chi connectivity index (χ4v) is 5.24. The van der Waals surface area contributed by atoms with Crippen molar-refractivity contribution in [3.05, 3.63) is 108 Å². The van der Waals surface area contributed by atoms with Gasteiger partial charge in [0, 0.05) is 47.5 Å². The van der Waals surface area contributed by atoms with Crippen molar-refractivity contribution in [1.29, 1.82) is 0 Å². The van der Waals surface area contributed by atoms with Crippen LogP contribution in [-0.4, -0.2) is 54.8 Å². The van der Waals surface area contributed by atoms with Gasteiger partial charge in [0.15, 0.2) is 13.4 Å². The number of hydrogen-bond donors (Lipinski definition) is 4. The molecule has 0 fully saturated rings. The minimum Gasteiger partial charge on any atom is -0.497 e. The molecule has 0 saturated heterocycles. The van der Waals surface area contributed by atoms with Gasteiger partial charge >= 0.3 is 0 Å². The van der Waals surface area contributed by atoms with Crippen LogP contribution in [-0.2, 0) is 13.2 Å². The summed E-state index contributed by atoms with van der Waals surface area (Å²) in [6.07, 6.45) is 0. The number of H-pyrrole nitrogens is 2. The molecule has 12 heteroatoms. The molecule has 0 aliphatic heterocycles. The van der Waals surface area contributed by atoms with Crippen LogP contribution in [0.2, 0.25) is 0 Å². The molecular formula is C36H33N9O3+2. The van der Waals surface area contributed by atoms with E-state index in [1.165, 1.54) is 9.37 Å². The number of benzene rings is 4. The molecule has 0 aliphatic carbocycles. The maximum Gasteiger partial charge on any atom is 0.236 e. The summed E-state index contributed by atoms with van der Waals surface area (Å²) < 4.78 is 20.3. The molecule has 0 aliphatic rings. The second kappa shape index (κ2) is 12.6. The predicted octanol–water partition coefficient (Wildman–Crippen LogP) is 5.77. The minimum absolute atomic E-state index is 0.253. The van der Waals surface area contributed by atoms with Gasteiger partial charge in [-0.2, -0.15) is 0 Å². The van der Waals surface area contributed by atoms with Crippen molar-refractivity contribution in [2.45, 2.75) is 13.2 Å². The third-order valence-electron chi connectivity index (χ3n) is 7.76. The zero-order valence-electron chi connectivity index (χ0n) is 26.2. The van der Waals surface area contributed by atoms with E-state index in [0.717, 1.165) is 56.2 Å². The standard InChI is InChI=1S/C36H33N9O3/c1-44(37)26-8-14-31-33(18-26)42-35(40-31)22-4-10-28(11-5-22)47-20-24-16-30(46-3)17-25(39-24)21-48-29-12-6-23(7-13-29)36-41-32-15-9-27(45(2)38)19-34(32)43-36/h4-19H,1-2,20-21,37-38H2,3H3,(H,40,42)(H,41,43)/q+2. The monoisotopic (exact) mass is 639 g/mol. The first kappa shape index (κ1) is 30.0. The van der Waals surface area contributed by atoms with Crippen LogP contribution in [0, 0.1) is 0 Å². The van der Waals surface area contributed by atoms with Crippen molar-refractivity contribution in [2.75, 3.05) is 7.11 Å². The Balaban J connectivity index is 0.983. The van der Waals surface area contributed by atoms with Crippen LogP contribution in [0.5, 0.6) is 17.2 Å². The molecule has 0 bridgehead atoms. The van der Waals surface area contributed by atoms with Gasteiger partial charge in [0.2, 0.25) is 11.4 Å². The van der Waals surface area contributed by atoms with Crippen LogP contribution in [0.4, 0.5) is 11.4 Å². The van der Waals surface area contributed by atoms with Gasteiger partial charge in [0.1, 0.15) is 42.1 Å². The molecule has 7 aromatic rings. The quantitative estimate of drug-likeness (QED) is 0.0602. The highest BCUT2D eigenvalue weighted by atomic mass is 16.5. The molecule has 12 nitrogen and oxygen atoms in total. The molecule has 6 N–H and O–H groups in total. The summed E-state index contributed by atoms with van der Waals surface area (Å²) in [5, 5.41) is 0.